The van der Waals surface area contributed by atoms with Gasteiger partial charge in [-0.05, 0) is 32.9 Å². The van der Waals surface area contributed by atoms with Gasteiger partial charge in [0.05, 0.1) is 19.9 Å². The van der Waals surface area contributed by atoms with Crippen LogP contribution in [0.25, 0.3) is 0 Å². The van der Waals surface area contributed by atoms with Crippen LogP contribution in [0.4, 0.5) is 17.5 Å². The second-order valence-corrected chi connectivity index (χ2v) is 5.21. The minimum atomic E-state index is 0.269. The first-order valence-electron chi connectivity index (χ1n) is 7.13. The Morgan fingerprint density at radius 3 is 2.45 bits per heavy atom. The zero-order valence-electron chi connectivity index (χ0n) is 13.6. The first-order chi connectivity index (χ1) is 10.5. The van der Waals surface area contributed by atoms with E-state index in [2.05, 4.69) is 20.6 Å². The average Bonchev–Trinajstić information content (AvgIpc) is 2.46. The fourth-order valence-corrected chi connectivity index (χ4v) is 2.00. The molecule has 0 aliphatic heterocycles. The summed E-state index contributed by atoms with van der Waals surface area (Å²) in [5.41, 5.74) is 1.70. The van der Waals surface area contributed by atoms with Crippen molar-refractivity contribution >= 4 is 17.5 Å². The average molecular weight is 302 g/mol. The van der Waals surface area contributed by atoms with Gasteiger partial charge in [0, 0.05) is 23.9 Å². The number of hydrogen-bond donors (Lipinski definition) is 2. The lowest BCUT2D eigenvalue weighted by atomic mass is 10.2. The number of nitrogens with one attached hydrogen (secondary N) is 2. The molecule has 0 amide bonds. The van der Waals surface area contributed by atoms with Gasteiger partial charge in [0.15, 0.2) is 0 Å². The molecule has 0 saturated heterocycles. The highest BCUT2D eigenvalue weighted by Gasteiger charge is 2.08. The van der Waals surface area contributed by atoms with Crippen molar-refractivity contribution in [3.05, 3.63) is 30.0 Å². The molecular formula is C16H22N4O2. The molecule has 6 nitrogen and oxygen atoms in total. The van der Waals surface area contributed by atoms with Crippen LogP contribution < -0.4 is 20.1 Å². The fourth-order valence-electron chi connectivity index (χ4n) is 2.00. The molecule has 22 heavy (non-hydrogen) atoms. The molecule has 1 aromatic carbocycles. The van der Waals surface area contributed by atoms with E-state index in [0.717, 1.165) is 17.1 Å². The number of hydrogen-bond acceptors (Lipinski definition) is 6. The molecule has 1 aromatic heterocycles. The van der Waals surface area contributed by atoms with Crippen molar-refractivity contribution in [3.63, 3.8) is 0 Å². The highest BCUT2D eigenvalue weighted by Crippen LogP contribution is 2.31. The molecule has 0 fully saturated rings. The smallest absolute Gasteiger partial charge is 0.225 e. The molecule has 0 atom stereocenters. The van der Waals surface area contributed by atoms with Crippen LogP contribution in [0.2, 0.25) is 0 Å². The minimum absolute atomic E-state index is 0.269. The number of nitrogens with zero attached hydrogens (tertiary/aromatic N) is 2. The molecule has 0 saturated carbocycles. The highest BCUT2D eigenvalue weighted by atomic mass is 16.5. The van der Waals surface area contributed by atoms with Crippen LogP contribution in [0.1, 0.15) is 19.5 Å². The zero-order valence-corrected chi connectivity index (χ0v) is 13.6. The Morgan fingerprint density at radius 1 is 1.05 bits per heavy atom. The normalized spacial score (nSPS) is 10.5. The Hall–Kier alpha value is -2.50. The van der Waals surface area contributed by atoms with Gasteiger partial charge in [0.25, 0.3) is 0 Å². The van der Waals surface area contributed by atoms with Gasteiger partial charge >= 0.3 is 0 Å². The van der Waals surface area contributed by atoms with Gasteiger partial charge in [-0.2, -0.15) is 4.98 Å². The Bertz CT molecular complexity index is 644. The largest absolute Gasteiger partial charge is 0.497 e. The third-order valence-corrected chi connectivity index (χ3v) is 2.94. The van der Waals surface area contributed by atoms with E-state index >= 15 is 0 Å². The fraction of sp³-hybridized carbons (Fsp3) is 0.375. The van der Waals surface area contributed by atoms with Gasteiger partial charge in [-0.25, -0.2) is 4.98 Å². The Balaban J connectivity index is 2.28. The lowest BCUT2D eigenvalue weighted by Gasteiger charge is -2.14. The van der Waals surface area contributed by atoms with E-state index < -0.39 is 0 Å². The van der Waals surface area contributed by atoms with Crippen molar-refractivity contribution in [2.45, 2.75) is 26.8 Å². The number of benzene rings is 1. The SMILES string of the molecule is COc1ccc(Nc2cc(C)nc(NC(C)C)n2)c(OC)c1. The zero-order chi connectivity index (χ0) is 16.1. The summed E-state index contributed by atoms with van der Waals surface area (Å²) in [6.07, 6.45) is 0. The van der Waals surface area contributed by atoms with Crippen LogP contribution in [-0.4, -0.2) is 30.2 Å². The van der Waals surface area contributed by atoms with Crippen molar-refractivity contribution in [2.24, 2.45) is 0 Å². The molecule has 2 aromatic rings. The molecule has 0 radical (unpaired) electrons. The maximum atomic E-state index is 5.38. The van der Waals surface area contributed by atoms with E-state index in [1.54, 1.807) is 14.2 Å². The third kappa shape index (κ3) is 4.00. The second kappa shape index (κ2) is 6.98. The van der Waals surface area contributed by atoms with E-state index in [1.807, 2.05) is 45.0 Å². The Labute approximate surface area is 130 Å². The van der Waals surface area contributed by atoms with Crippen LogP contribution in [0, 0.1) is 6.92 Å². The van der Waals surface area contributed by atoms with E-state index in [-0.39, 0.29) is 6.04 Å². The maximum Gasteiger partial charge on any atom is 0.225 e. The summed E-state index contributed by atoms with van der Waals surface area (Å²) in [5.74, 6) is 2.74. The number of ether oxygens (including phenoxy) is 2. The summed E-state index contributed by atoms with van der Waals surface area (Å²) >= 11 is 0. The van der Waals surface area contributed by atoms with Crippen molar-refractivity contribution in [3.8, 4) is 11.5 Å². The van der Waals surface area contributed by atoms with E-state index in [4.69, 9.17) is 9.47 Å². The van der Waals surface area contributed by atoms with Crippen LogP contribution >= 0.6 is 0 Å². The number of rotatable bonds is 6. The molecule has 2 rings (SSSR count). The van der Waals surface area contributed by atoms with Gasteiger partial charge in [0.2, 0.25) is 5.95 Å². The molecule has 0 spiro atoms. The van der Waals surface area contributed by atoms with E-state index in [1.165, 1.54) is 0 Å². The quantitative estimate of drug-likeness (QED) is 0.852. The molecule has 0 bridgehead atoms. The molecule has 0 aliphatic carbocycles. The predicted octanol–water partition coefficient (Wildman–Crippen LogP) is 3.37. The maximum absolute atomic E-state index is 5.38. The number of aromatic nitrogens is 2. The molecule has 0 unspecified atom stereocenters. The summed E-state index contributed by atoms with van der Waals surface area (Å²) in [6.45, 7) is 6.03. The topological polar surface area (TPSA) is 68.3 Å². The van der Waals surface area contributed by atoms with Crippen molar-refractivity contribution in [1.82, 2.24) is 9.97 Å². The lowest BCUT2D eigenvalue weighted by molar-refractivity contribution is 0.395. The number of anilines is 3. The van der Waals surface area contributed by atoms with E-state index in [9.17, 15) is 0 Å². The molecule has 0 aliphatic rings. The second-order valence-electron chi connectivity index (χ2n) is 5.21. The van der Waals surface area contributed by atoms with Gasteiger partial charge < -0.3 is 20.1 Å². The summed E-state index contributed by atoms with van der Waals surface area (Å²) in [4.78, 5) is 8.84. The Kier molecular flexibility index (Phi) is 5.04. The first kappa shape index (κ1) is 15.9. The molecular weight excluding hydrogens is 280 g/mol. The standard InChI is InChI=1S/C16H22N4O2/c1-10(2)17-16-18-11(3)8-15(20-16)19-13-7-6-12(21-4)9-14(13)22-5/h6-10H,1-5H3,(H2,17,18,19,20). The number of aryl methyl sites for hydroxylation is 1. The molecule has 2 N–H and O–H groups in total. The summed E-state index contributed by atoms with van der Waals surface area (Å²) < 4.78 is 10.6. The van der Waals surface area contributed by atoms with Crippen LogP contribution in [0.3, 0.4) is 0 Å². The summed E-state index contributed by atoms with van der Waals surface area (Å²) in [7, 11) is 3.25. The van der Waals surface area contributed by atoms with Crippen molar-refractivity contribution < 1.29 is 9.47 Å². The van der Waals surface area contributed by atoms with Crippen LogP contribution in [0.5, 0.6) is 11.5 Å². The monoisotopic (exact) mass is 302 g/mol. The van der Waals surface area contributed by atoms with Crippen molar-refractivity contribution in [1.29, 1.82) is 0 Å². The van der Waals surface area contributed by atoms with Gasteiger partial charge in [-0.15, -0.1) is 0 Å². The van der Waals surface area contributed by atoms with Gasteiger partial charge in [0.1, 0.15) is 17.3 Å². The third-order valence-electron chi connectivity index (χ3n) is 2.94. The molecule has 118 valence electrons. The first-order valence-corrected chi connectivity index (χ1v) is 7.13. The Morgan fingerprint density at radius 2 is 1.82 bits per heavy atom. The summed E-state index contributed by atoms with van der Waals surface area (Å²) in [6, 6.07) is 7.74. The van der Waals surface area contributed by atoms with Crippen LogP contribution in [0.15, 0.2) is 24.3 Å². The lowest BCUT2D eigenvalue weighted by Crippen LogP contribution is -2.13. The number of methoxy groups -OCH3 is 2. The van der Waals surface area contributed by atoms with Gasteiger partial charge in [-0.3, -0.25) is 0 Å². The van der Waals surface area contributed by atoms with Crippen LogP contribution in [-0.2, 0) is 0 Å². The van der Waals surface area contributed by atoms with Gasteiger partial charge in [-0.1, -0.05) is 0 Å². The highest BCUT2D eigenvalue weighted by molar-refractivity contribution is 5.66. The van der Waals surface area contributed by atoms with E-state index in [0.29, 0.717) is 17.5 Å². The molecule has 6 heteroatoms. The summed E-state index contributed by atoms with van der Waals surface area (Å²) in [5, 5.41) is 6.46. The minimum Gasteiger partial charge on any atom is -0.497 e. The molecule has 1 heterocycles. The predicted molar refractivity (Wildman–Crippen MR) is 88.4 cm³/mol. The van der Waals surface area contributed by atoms with Crippen molar-refractivity contribution in [2.75, 3.05) is 24.9 Å².